The molecule has 0 fully saturated rings. The van der Waals surface area contributed by atoms with E-state index in [2.05, 4.69) is 37.0 Å². The summed E-state index contributed by atoms with van der Waals surface area (Å²) >= 11 is 12.9. The van der Waals surface area contributed by atoms with E-state index in [0.717, 1.165) is 20.1 Å². The molecule has 0 saturated carbocycles. The van der Waals surface area contributed by atoms with Crippen molar-refractivity contribution in [3.63, 3.8) is 0 Å². The lowest BCUT2D eigenvalue weighted by atomic mass is 9.95. The SMILES string of the molecule is CC(C)(C)c1nc2ccc(Br)cc2c(=O)n1N=Cc1cc(Br)ccc1OCc1ccc(Cl)cc1. The second kappa shape index (κ2) is 10.0. The molecule has 34 heavy (non-hydrogen) atoms. The minimum atomic E-state index is -0.400. The molecule has 3 aromatic carbocycles. The Labute approximate surface area is 219 Å². The topological polar surface area (TPSA) is 56.5 Å². The largest absolute Gasteiger partial charge is 0.488 e. The van der Waals surface area contributed by atoms with Crippen LogP contribution in [0, 0.1) is 0 Å². The summed E-state index contributed by atoms with van der Waals surface area (Å²) in [5.74, 6) is 1.21. The van der Waals surface area contributed by atoms with Gasteiger partial charge in [0, 0.05) is 24.9 Å². The fourth-order valence-corrected chi connectivity index (χ4v) is 4.22. The average Bonchev–Trinajstić information content (AvgIpc) is 2.78. The Bertz CT molecular complexity index is 1440. The number of hydrogen-bond donors (Lipinski definition) is 0. The molecular weight excluding hydrogens is 582 g/mol. The van der Waals surface area contributed by atoms with Gasteiger partial charge in [0.15, 0.2) is 0 Å². The lowest BCUT2D eigenvalue weighted by Gasteiger charge is -2.21. The Morgan fingerprint density at radius 3 is 2.41 bits per heavy atom. The molecule has 0 spiro atoms. The smallest absolute Gasteiger partial charge is 0.282 e. The van der Waals surface area contributed by atoms with E-state index in [0.29, 0.717) is 34.1 Å². The zero-order valence-corrected chi connectivity index (χ0v) is 22.8. The van der Waals surface area contributed by atoms with Crippen LogP contribution in [0.2, 0.25) is 5.02 Å². The van der Waals surface area contributed by atoms with Crippen molar-refractivity contribution in [1.29, 1.82) is 0 Å². The van der Waals surface area contributed by atoms with Gasteiger partial charge in [-0.25, -0.2) is 4.98 Å². The third-order valence-electron chi connectivity index (χ3n) is 5.07. The number of aromatic nitrogens is 2. The monoisotopic (exact) mass is 601 g/mol. The van der Waals surface area contributed by atoms with Gasteiger partial charge in [-0.1, -0.05) is 76.4 Å². The highest BCUT2D eigenvalue weighted by molar-refractivity contribution is 9.10. The minimum absolute atomic E-state index is 0.230. The Balaban J connectivity index is 1.75. The predicted molar refractivity (Wildman–Crippen MR) is 145 cm³/mol. The Morgan fingerprint density at radius 2 is 1.71 bits per heavy atom. The molecule has 0 saturated heterocycles. The summed E-state index contributed by atoms with van der Waals surface area (Å²) in [7, 11) is 0. The molecule has 0 unspecified atom stereocenters. The first kappa shape index (κ1) is 24.6. The van der Waals surface area contributed by atoms with E-state index in [1.165, 1.54) is 4.68 Å². The number of nitrogens with zero attached hydrogens (tertiary/aromatic N) is 3. The molecule has 5 nitrogen and oxygen atoms in total. The predicted octanol–water partition coefficient (Wildman–Crippen LogP) is 7.33. The molecule has 0 bridgehead atoms. The number of rotatable bonds is 5. The van der Waals surface area contributed by atoms with Crippen molar-refractivity contribution < 1.29 is 4.74 Å². The first-order valence-corrected chi connectivity index (χ1v) is 12.5. The summed E-state index contributed by atoms with van der Waals surface area (Å²) in [5.41, 5.74) is 1.73. The van der Waals surface area contributed by atoms with Crippen LogP contribution >= 0.6 is 43.5 Å². The van der Waals surface area contributed by atoms with E-state index in [9.17, 15) is 4.79 Å². The summed E-state index contributed by atoms with van der Waals surface area (Å²) in [6, 6.07) is 18.6. The van der Waals surface area contributed by atoms with Gasteiger partial charge in [-0.3, -0.25) is 4.79 Å². The lowest BCUT2D eigenvalue weighted by molar-refractivity contribution is 0.305. The number of fused-ring (bicyclic) bond motifs is 1. The first-order chi connectivity index (χ1) is 16.1. The van der Waals surface area contributed by atoms with Gasteiger partial charge >= 0.3 is 0 Å². The third-order valence-corrected chi connectivity index (χ3v) is 6.31. The van der Waals surface area contributed by atoms with Gasteiger partial charge in [0.2, 0.25) is 0 Å². The molecule has 0 aliphatic carbocycles. The van der Waals surface area contributed by atoms with Gasteiger partial charge in [-0.05, 0) is 54.1 Å². The maximum Gasteiger partial charge on any atom is 0.282 e. The number of hydrogen-bond acceptors (Lipinski definition) is 4. The van der Waals surface area contributed by atoms with Gasteiger partial charge in [0.1, 0.15) is 18.2 Å². The molecule has 1 heterocycles. The number of benzene rings is 3. The van der Waals surface area contributed by atoms with Crippen molar-refractivity contribution in [2.24, 2.45) is 5.10 Å². The zero-order valence-electron chi connectivity index (χ0n) is 18.8. The highest BCUT2D eigenvalue weighted by atomic mass is 79.9. The van der Waals surface area contributed by atoms with Gasteiger partial charge in [0.25, 0.3) is 5.56 Å². The molecule has 8 heteroatoms. The second-order valence-electron chi connectivity index (χ2n) is 8.81. The molecule has 174 valence electrons. The van der Waals surface area contributed by atoms with Crippen molar-refractivity contribution >= 4 is 60.6 Å². The molecule has 1 aromatic heterocycles. The molecule has 0 N–H and O–H groups in total. The van der Waals surface area contributed by atoms with E-state index < -0.39 is 5.41 Å². The van der Waals surface area contributed by atoms with Crippen LogP contribution in [0.1, 0.15) is 37.7 Å². The molecular formula is C26H22Br2ClN3O2. The fourth-order valence-electron chi connectivity index (χ4n) is 3.35. The molecule has 4 aromatic rings. The molecule has 4 rings (SSSR count). The maximum absolute atomic E-state index is 13.4. The van der Waals surface area contributed by atoms with E-state index in [4.69, 9.17) is 21.3 Å². The molecule has 0 aliphatic rings. The van der Waals surface area contributed by atoms with Crippen molar-refractivity contribution in [2.75, 3.05) is 0 Å². The van der Waals surface area contributed by atoms with E-state index >= 15 is 0 Å². The van der Waals surface area contributed by atoms with Crippen molar-refractivity contribution in [1.82, 2.24) is 9.66 Å². The highest BCUT2D eigenvalue weighted by Gasteiger charge is 2.23. The van der Waals surface area contributed by atoms with Gasteiger partial charge in [-0.2, -0.15) is 9.78 Å². The standard InChI is InChI=1S/C26H22Br2ClN3O2/c1-26(2,3)25-31-22-10-6-19(28)13-21(22)24(33)32(25)30-14-17-12-18(27)7-11-23(17)34-15-16-4-8-20(29)9-5-16/h4-14H,15H2,1-3H3. The summed E-state index contributed by atoms with van der Waals surface area (Å²) in [6.07, 6.45) is 1.63. The van der Waals surface area contributed by atoms with Crippen molar-refractivity contribution in [2.45, 2.75) is 32.8 Å². The number of halogens is 3. The van der Waals surface area contributed by atoms with Crippen LogP contribution < -0.4 is 10.3 Å². The minimum Gasteiger partial charge on any atom is -0.488 e. The van der Waals surface area contributed by atoms with Crippen LogP contribution in [0.5, 0.6) is 5.75 Å². The Morgan fingerprint density at radius 1 is 1.03 bits per heavy atom. The van der Waals surface area contributed by atoms with Gasteiger partial charge in [-0.15, -0.1) is 0 Å². The van der Waals surface area contributed by atoms with Crippen LogP contribution in [0.3, 0.4) is 0 Å². The van der Waals surface area contributed by atoms with E-state index in [1.807, 2.05) is 75.4 Å². The zero-order chi connectivity index (χ0) is 24.5. The molecule has 0 aliphatic heterocycles. The Kier molecular flexibility index (Phi) is 7.26. The van der Waals surface area contributed by atoms with E-state index in [1.54, 1.807) is 12.3 Å². The molecule has 0 amide bonds. The third kappa shape index (κ3) is 5.59. The van der Waals surface area contributed by atoms with Crippen LogP contribution in [0.25, 0.3) is 10.9 Å². The quantitative estimate of drug-likeness (QED) is 0.225. The maximum atomic E-state index is 13.4. The second-order valence-corrected chi connectivity index (χ2v) is 11.1. The normalized spacial score (nSPS) is 11.9. The van der Waals surface area contributed by atoms with Crippen LogP contribution in [0.15, 0.2) is 79.5 Å². The summed E-state index contributed by atoms with van der Waals surface area (Å²) in [6.45, 7) is 6.39. The fraction of sp³-hybridized carbons (Fsp3) is 0.192. The summed E-state index contributed by atoms with van der Waals surface area (Å²) in [5, 5.41) is 5.74. The molecule has 0 radical (unpaired) electrons. The summed E-state index contributed by atoms with van der Waals surface area (Å²) in [4.78, 5) is 18.2. The summed E-state index contributed by atoms with van der Waals surface area (Å²) < 4.78 is 9.11. The van der Waals surface area contributed by atoms with Crippen LogP contribution in [-0.2, 0) is 12.0 Å². The molecule has 0 atom stereocenters. The van der Waals surface area contributed by atoms with Gasteiger partial charge < -0.3 is 4.74 Å². The van der Waals surface area contributed by atoms with E-state index in [-0.39, 0.29) is 5.56 Å². The number of ether oxygens (including phenoxy) is 1. The van der Waals surface area contributed by atoms with Crippen molar-refractivity contribution in [3.8, 4) is 5.75 Å². The van der Waals surface area contributed by atoms with Crippen LogP contribution in [0.4, 0.5) is 0 Å². The van der Waals surface area contributed by atoms with Crippen molar-refractivity contribution in [3.05, 3.63) is 102 Å². The Hall–Kier alpha value is -2.48. The lowest BCUT2D eigenvalue weighted by Crippen LogP contribution is -2.29. The highest BCUT2D eigenvalue weighted by Crippen LogP contribution is 2.25. The van der Waals surface area contributed by atoms with Gasteiger partial charge in [0.05, 0.1) is 17.1 Å². The first-order valence-electron chi connectivity index (χ1n) is 10.6. The average molecular weight is 604 g/mol. The van der Waals surface area contributed by atoms with Crippen LogP contribution in [-0.4, -0.2) is 15.9 Å².